The molecule has 63 heavy (non-hydrogen) atoms. The fourth-order valence-electron chi connectivity index (χ4n) is 8.25. The molecule has 15 nitrogen and oxygen atoms in total. The molecule has 2 aromatic carbocycles. The van der Waals surface area contributed by atoms with Crippen molar-refractivity contribution < 1.29 is 31.5 Å². The number of sulfonamides is 2. The van der Waals surface area contributed by atoms with E-state index < -0.39 is 26.0 Å². The molecule has 0 bridgehead atoms. The molecular formula is C46H58N8O7S2. The molecule has 4 N–H and O–H groups in total. The number of hydrogen-bond acceptors (Lipinski definition) is 9. The number of nitrogens with zero attached hydrogens (tertiary/aromatic N) is 5. The van der Waals surface area contributed by atoms with Gasteiger partial charge >= 0.3 is 5.97 Å². The van der Waals surface area contributed by atoms with E-state index in [-0.39, 0.29) is 23.2 Å². The Kier molecular flexibility index (Phi) is 14.3. The van der Waals surface area contributed by atoms with E-state index in [0.717, 1.165) is 66.4 Å². The average molecular weight is 899 g/mol. The number of amides is 1. The van der Waals surface area contributed by atoms with Gasteiger partial charge in [-0.3, -0.25) is 14.2 Å². The molecule has 0 spiro atoms. The number of rotatable bonds is 8. The van der Waals surface area contributed by atoms with E-state index >= 15 is 0 Å². The minimum absolute atomic E-state index is 0.0552. The standard InChI is InChI=1S/C23H28N4O3S.C14H19N3.C9H11NO4S/c1-15-8-9-20(25-31(4,29)30)19(13-15)23(28)26-10-6-5-7-22(26)21-14-18-12-16(2)11-17(3)27(18)24-21;1-10-7-11(2)17-12(8-10)9-14(16-17)13-5-3-4-6-15-13;1-6-3-4-8(10-15(2,13)14)7(5-6)9(11)12/h8-9,11-14,22,25H,5-7,10H2,1-4H3;7-9,13,15H,3-6H2,1-2H3;3-5,10H,1-2H3,(H,11,12)/t22-;13-;/m00./s1. The Morgan fingerprint density at radius 3 is 1.67 bits per heavy atom. The molecule has 17 heteroatoms. The number of carbonyl (C=O) groups is 2. The van der Waals surface area contributed by atoms with Crippen LogP contribution in [0, 0.1) is 41.5 Å². The van der Waals surface area contributed by atoms with Gasteiger partial charge in [0.2, 0.25) is 20.0 Å². The number of pyridine rings is 2. The molecule has 6 heterocycles. The fourth-order valence-corrected chi connectivity index (χ4v) is 9.41. The molecule has 2 aliphatic rings. The Morgan fingerprint density at radius 2 is 1.14 bits per heavy atom. The highest BCUT2D eigenvalue weighted by molar-refractivity contribution is 7.92. The normalized spacial score (nSPS) is 16.7. The number of aromatic carboxylic acids is 1. The maximum absolute atomic E-state index is 13.6. The van der Waals surface area contributed by atoms with Crippen molar-refractivity contribution in [3.05, 3.63) is 129 Å². The largest absolute Gasteiger partial charge is 0.478 e. The summed E-state index contributed by atoms with van der Waals surface area (Å²) in [5, 5.41) is 22.0. The number of carboxylic acid groups (broad SMARTS) is 1. The van der Waals surface area contributed by atoms with E-state index in [9.17, 15) is 26.4 Å². The number of carboxylic acids is 1. The van der Waals surface area contributed by atoms with Gasteiger partial charge in [-0.15, -0.1) is 0 Å². The Morgan fingerprint density at radius 1 is 0.635 bits per heavy atom. The van der Waals surface area contributed by atoms with E-state index in [4.69, 9.17) is 15.3 Å². The first kappa shape index (κ1) is 46.7. The van der Waals surface area contributed by atoms with Crippen LogP contribution in [-0.2, 0) is 20.0 Å². The predicted octanol–water partition coefficient (Wildman–Crippen LogP) is 7.83. The van der Waals surface area contributed by atoms with Gasteiger partial charge in [-0.25, -0.2) is 30.7 Å². The molecule has 4 aromatic heterocycles. The number of aromatic nitrogens is 4. The molecular weight excluding hydrogens is 841 g/mol. The molecule has 8 rings (SSSR count). The number of anilines is 2. The number of nitrogens with one attached hydrogen (secondary N) is 3. The smallest absolute Gasteiger partial charge is 0.337 e. The van der Waals surface area contributed by atoms with Crippen LogP contribution >= 0.6 is 0 Å². The van der Waals surface area contributed by atoms with Gasteiger partial charge in [-0.1, -0.05) is 29.7 Å². The van der Waals surface area contributed by atoms with Crippen molar-refractivity contribution in [1.82, 2.24) is 29.4 Å². The first-order valence-electron chi connectivity index (χ1n) is 21.0. The van der Waals surface area contributed by atoms with Crippen LogP contribution in [0.2, 0.25) is 0 Å². The van der Waals surface area contributed by atoms with Crippen molar-refractivity contribution in [3.8, 4) is 0 Å². The number of fused-ring (bicyclic) bond motifs is 2. The summed E-state index contributed by atoms with van der Waals surface area (Å²) in [6, 6.07) is 22.8. The zero-order valence-corrected chi connectivity index (χ0v) is 38.8. The second-order valence-corrected chi connectivity index (χ2v) is 20.3. The zero-order valence-electron chi connectivity index (χ0n) is 37.2. The van der Waals surface area contributed by atoms with Crippen molar-refractivity contribution >= 4 is 54.3 Å². The highest BCUT2D eigenvalue weighted by Gasteiger charge is 2.32. The van der Waals surface area contributed by atoms with Gasteiger partial charge in [-0.2, -0.15) is 10.2 Å². The summed E-state index contributed by atoms with van der Waals surface area (Å²) in [6.45, 7) is 13.7. The summed E-state index contributed by atoms with van der Waals surface area (Å²) < 4.78 is 54.2. The lowest BCUT2D eigenvalue weighted by Crippen LogP contribution is -2.39. The lowest BCUT2D eigenvalue weighted by molar-refractivity contribution is 0.0606. The van der Waals surface area contributed by atoms with Gasteiger partial charge in [0.25, 0.3) is 5.91 Å². The van der Waals surface area contributed by atoms with Gasteiger partial charge < -0.3 is 15.3 Å². The van der Waals surface area contributed by atoms with E-state index in [1.54, 1.807) is 31.2 Å². The topological polar surface area (TPSA) is 197 Å². The van der Waals surface area contributed by atoms with Crippen LogP contribution in [0.5, 0.6) is 0 Å². The predicted molar refractivity (Wildman–Crippen MR) is 248 cm³/mol. The Hall–Kier alpha value is -5.78. The monoisotopic (exact) mass is 898 g/mol. The van der Waals surface area contributed by atoms with Gasteiger partial charge in [0.15, 0.2) is 0 Å². The molecule has 2 saturated heterocycles. The van der Waals surface area contributed by atoms with Crippen molar-refractivity contribution in [2.24, 2.45) is 0 Å². The maximum atomic E-state index is 13.6. The van der Waals surface area contributed by atoms with Crippen LogP contribution in [0.15, 0.2) is 72.8 Å². The number of likely N-dealkylation sites (tertiary alicyclic amines) is 1. The quantitative estimate of drug-likeness (QED) is 0.117. The van der Waals surface area contributed by atoms with Crippen LogP contribution in [0.25, 0.3) is 11.0 Å². The third-order valence-electron chi connectivity index (χ3n) is 11.0. The summed E-state index contributed by atoms with van der Waals surface area (Å²) in [5.41, 5.74) is 11.4. The molecule has 336 valence electrons. The molecule has 6 aromatic rings. The van der Waals surface area contributed by atoms with Crippen LogP contribution in [-0.4, -0.2) is 83.5 Å². The van der Waals surface area contributed by atoms with Crippen molar-refractivity contribution in [2.75, 3.05) is 35.0 Å². The zero-order chi connectivity index (χ0) is 45.8. The Bertz CT molecular complexity index is 2880. The highest BCUT2D eigenvalue weighted by Crippen LogP contribution is 2.34. The van der Waals surface area contributed by atoms with Gasteiger partial charge in [0, 0.05) is 17.9 Å². The van der Waals surface area contributed by atoms with E-state index in [1.165, 1.54) is 59.4 Å². The SMILES string of the molecule is Cc1cc(C)n2nc([C@@H]3CCCCN3)cc2c1.Cc1ccc(NS(C)(=O)=O)c(C(=O)N2CCCC[C@H]2c2cc3cc(C)cc(C)n3n2)c1.Cc1ccc(NS(C)(=O)=O)c(C(=O)O)c1. The molecule has 1 amide bonds. The highest BCUT2D eigenvalue weighted by atomic mass is 32.2. The van der Waals surface area contributed by atoms with Crippen LogP contribution in [0.1, 0.15) is 116 Å². The molecule has 2 fully saturated rings. The first-order valence-corrected chi connectivity index (χ1v) is 24.8. The molecule has 0 radical (unpaired) electrons. The van der Waals surface area contributed by atoms with Crippen LogP contribution < -0.4 is 14.8 Å². The summed E-state index contributed by atoms with van der Waals surface area (Å²) in [6.07, 6.45) is 8.63. The lowest BCUT2D eigenvalue weighted by atomic mass is 9.97. The molecule has 0 saturated carbocycles. The Labute approximate surface area is 370 Å². The minimum Gasteiger partial charge on any atom is -0.478 e. The average Bonchev–Trinajstić information content (AvgIpc) is 3.84. The van der Waals surface area contributed by atoms with Crippen molar-refractivity contribution in [2.45, 2.75) is 92.2 Å². The molecule has 2 aliphatic heterocycles. The summed E-state index contributed by atoms with van der Waals surface area (Å²) >= 11 is 0. The van der Waals surface area contributed by atoms with E-state index in [1.807, 2.05) is 23.3 Å². The maximum Gasteiger partial charge on any atom is 0.337 e. The molecule has 2 atom stereocenters. The Balaban J connectivity index is 0.000000174. The van der Waals surface area contributed by atoms with Crippen molar-refractivity contribution in [3.63, 3.8) is 0 Å². The third-order valence-corrected chi connectivity index (χ3v) is 12.2. The fraction of sp³-hybridized carbons (Fsp3) is 0.391. The second-order valence-electron chi connectivity index (χ2n) is 16.8. The van der Waals surface area contributed by atoms with Crippen molar-refractivity contribution in [1.29, 1.82) is 0 Å². The van der Waals surface area contributed by atoms with Gasteiger partial charge in [0.05, 0.1) is 69.5 Å². The first-order chi connectivity index (χ1) is 29.7. The number of hydrogen-bond donors (Lipinski definition) is 4. The number of benzene rings is 2. The van der Waals surface area contributed by atoms with Gasteiger partial charge in [0.1, 0.15) is 0 Å². The van der Waals surface area contributed by atoms with Crippen LogP contribution in [0.4, 0.5) is 11.4 Å². The lowest BCUT2D eigenvalue weighted by Gasteiger charge is -2.35. The summed E-state index contributed by atoms with van der Waals surface area (Å²) in [7, 11) is -6.96. The van der Waals surface area contributed by atoms with Gasteiger partial charge in [-0.05, 0) is 152 Å². The second kappa shape index (κ2) is 19.3. The van der Waals surface area contributed by atoms with E-state index in [0.29, 0.717) is 23.8 Å². The molecule has 0 unspecified atom stereocenters. The minimum atomic E-state index is -3.51. The molecule has 0 aliphatic carbocycles. The summed E-state index contributed by atoms with van der Waals surface area (Å²) in [4.78, 5) is 26.3. The number of aryl methyl sites for hydroxylation is 6. The number of piperidine rings is 2. The van der Waals surface area contributed by atoms with E-state index in [2.05, 4.69) is 76.4 Å². The summed E-state index contributed by atoms with van der Waals surface area (Å²) in [5.74, 6) is -1.34. The third kappa shape index (κ3) is 12.0. The number of carbonyl (C=O) groups excluding carboxylic acids is 1. The van der Waals surface area contributed by atoms with Crippen LogP contribution in [0.3, 0.4) is 0 Å².